The van der Waals surface area contributed by atoms with E-state index >= 15 is 0 Å². The summed E-state index contributed by atoms with van der Waals surface area (Å²) in [4.78, 5) is 22.5. The molecule has 142 valence electrons. The predicted molar refractivity (Wildman–Crippen MR) is 109 cm³/mol. The lowest BCUT2D eigenvalue weighted by atomic mass is 9.77. The molecule has 2 aromatic carbocycles. The Morgan fingerprint density at radius 2 is 1.89 bits per heavy atom. The Labute approximate surface area is 163 Å². The topological polar surface area (TPSA) is 83.7 Å². The van der Waals surface area contributed by atoms with Gasteiger partial charge in [-0.2, -0.15) is 0 Å². The molecule has 3 heterocycles. The molecule has 0 saturated heterocycles. The molecule has 0 fully saturated rings. The summed E-state index contributed by atoms with van der Waals surface area (Å²) < 4.78 is 6.19. The van der Waals surface area contributed by atoms with Crippen molar-refractivity contribution >= 4 is 22.8 Å². The third kappa shape index (κ3) is 2.27. The Kier molecular flexibility index (Phi) is 3.24. The maximum atomic E-state index is 13.2. The Balaban J connectivity index is 1.71. The summed E-state index contributed by atoms with van der Waals surface area (Å²) in [5.74, 6) is 0.816. The van der Waals surface area contributed by atoms with Gasteiger partial charge in [0.05, 0.1) is 0 Å². The van der Waals surface area contributed by atoms with Crippen LogP contribution in [0, 0.1) is 0 Å². The lowest BCUT2D eigenvalue weighted by molar-refractivity contribution is -0.133. The van der Waals surface area contributed by atoms with Crippen molar-refractivity contribution in [2.45, 2.75) is 31.4 Å². The zero-order valence-electron chi connectivity index (χ0n) is 16.1. The molecule has 0 saturated carbocycles. The molecule has 0 aliphatic carbocycles. The number of rotatable bonds is 1. The summed E-state index contributed by atoms with van der Waals surface area (Å²) in [6.45, 7) is 3.95. The maximum absolute atomic E-state index is 13.2. The Morgan fingerprint density at radius 1 is 1.14 bits per heavy atom. The first-order chi connectivity index (χ1) is 13.3. The van der Waals surface area contributed by atoms with Crippen LogP contribution in [0.1, 0.15) is 25.8 Å². The molecule has 3 aromatic rings. The second-order valence-electron chi connectivity index (χ2n) is 8.22. The van der Waals surface area contributed by atoms with Crippen molar-refractivity contribution in [3.8, 4) is 16.9 Å². The van der Waals surface area contributed by atoms with Gasteiger partial charge in [-0.15, -0.1) is 0 Å². The van der Waals surface area contributed by atoms with Gasteiger partial charge in [-0.3, -0.25) is 9.69 Å². The number of nitrogens with one attached hydrogen (secondary N) is 1. The van der Waals surface area contributed by atoms with Crippen molar-refractivity contribution in [1.29, 1.82) is 0 Å². The number of ether oxygens (including phenoxy) is 1. The van der Waals surface area contributed by atoms with Crippen molar-refractivity contribution in [1.82, 2.24) is 9.88 Å². The SMILES string of the molecule is CN1C(=O)C2(CC(C)(C)Oc3ccc(-c4ccc5[nH]ccc5c4)cc32)N=C1N. The summed E-state index contributed by atoms with van der Waals surface area (Å²) in [5, 5.41) is 1.14. The zero-order chi connectivity index (χ0) is 19.7. The van der Waals surface area contributed by atoms with E-state index in [4.69, 9.17) is 10.5 Å². The Morgan fingerprint density at radius 3 is 2.64 bits per heavy atom. The van der Waals surface area contributed by atoms with Crippen LogP contribution in [0.2, 0.25) is 0 Å². The van der Waals surface area contributed by atoms with Crippen molar-refractivity contribution in [2.75, 3.05) is 7.05 Å². The monoisotopic (exact) mass is 374 g/mol. The molecule has 1 spiro atoms. The molecule has 2 aliphatic rings. The maximum Gasteiger partial charge on any atom is 0.261 e. The standard InChI is InChI=1S/C22H22N4O2/c1-21(2)12-22(19(27)26(3)20(23)25-22)16-11-14(5-7-18(16)28-21)13-4-6-17-15(10-13)8-9-24-17/h4-11,24H,12H2,1-3H3,(H2,23,25). The summed E-state index contributed by atoms with van der Waals surface area (Å²) in [6, 6.07) is 14.3. The van der Waals surface area contributed by atoms with E-state index < -0.39 is 11.1 Å². The summed E-state index contributed by atoms with van der Waals surface area (Å²) >= 11 is 0. The van der Waals surface area contributed by atoms with Gasteiger partial charge in [0.15, 0.2) is 11.5 Å². The first-order valence-electron chi connectivity index (χ1n) is 9.34. The molecule has 0 radical (unpaired) electrons. The number of aromatic nitrogens is 1. The van der Waals surface area contributed by atoms with Gasteiger partial charge in [-0.05, 0) is 60.7 Å². The number of aromatic amines is 1. The first-order valence-corrected chi connectivity index (χ1v) is 9.34. The normalized spacial score (nSPS) is 23.0. The van der Waals surface area contributed by atoms with Crippen LogP contribution in [-0.4, -0.2) is 34.4 Å². The van der Waals surface area contributed by atoms with Crippen molar-refractivity contribution in [3.63, 3.8) is 0 Å². The number of carbonyl (C=O) groups is 1. The average molecular weight is 374 g/mol. The van der Waals surface area contributed by atoms with Gasteiger partial charge in [-0.25, -0.2) is 4.99 Å². The van der Waals surface area contributed by atoms with Gasteiger partial charge in [-0.1, -0.05) is 12.1 Å². The number of amides is 1. The van der Waals surface area contributed by atoms with Crippen LogP contribution in [0.4, 0.5) is 0 Å². The third-order valence-corrected chi connectivity index (χ3v) is 5.69. The number of aliphatic imine (C=N–C) groups is 1. The molecule has 1 amide bonds. The molecule has 5 rings (SSSR count). The summed E-state index contributed by atoms with van der Waals surface area (Å²) in [5.41, 5.74) is 8.42. The molecular weight excluding hydrogens is 352 g/mol. The molecular formula is C22H22N4O2. The number of fused-ring (bicyclic) bond motifs is 3. The number of hydrogen-bond acceptors (Lipinski definition) is 4. The molecule has 6 heteroatoms. The van der Waals surface area contributed by atoms with Gasteiger partial charge >= 0.3 is 0 Å². The lowest BCUT2D eigenvalue weighted by Gasteiger charge is -2.41. The Hall–Kier alpha value is -3.28. The number of hydrogen-bond donors (Lipinski definition) is 2. The van der Waals surface area contributed by atoms with Crippen LogP contribution in [-0.2, 0) is 10.3 Å². The highest BCUT2D eigenvalue weighted by molar-refractivity contribution is 6.07. The molecule has 2 aliphatic heterocycles. The van der Waals surface area contributed by atoms with Crippen LogP contribution in [0.25, 0.3) is 22.0 Å². The minimum Gasteiger partial charge on any atom is -0.487 e. The van der Waals surface area contributed by atoms with Crippen LogP contribution in [0.15, 0.2) is 53.7 Å². The predicted octanol–water partition coefficient (Wildman–Crippen LogP) is 3.38. The van der Waals surface area contributed by atoms with Crippen LogP contribution < -0.4 is 10.5 Å². The highest BCUT2D eigenvalue weighted by atomic mass is 16.5. The van der Waals surface area contributed by atoms with E-state index in [2.05, 4.69) is 28.2 Å². The fraction of sp³-hybridized carbons (Fsp3) is 0.273. The van der Waals surface area contributed by atoms with E-state index in [9.17, 15) is 4.79 Å². The van der Waals surface area contributed by atoms with E-state index in [-0.39, 0.29) is 11.9 Å². The van der Waals surface area contributed by atoms with Gasteiger partial charge < -0.3 is 15.5 Å². The molecule has 28 heavy (non-hydrogen) atoms. The average Bonchev–Trinajstić information content (AvgIpc) is 3.20. The molecule has 1 atom stereocenters. The number of guanidine groups is 1. The van der Waals surface area contributed by atoms with Gasteiger partial charge in [0, 0.05) is 30.7 Å². The minimum absolute atomic E-state index is 0.110. The number of carbonyl (C=O) groups excluding carboxylic acids is 1. The van der Waals surface area contributed by atoms with E-state index in [0.29, 0.717) is 12.2 Å². The highest BCUT2D eigenvalue weighted by Gasteiger charge is 2.55. The Bertz CT molecular complexity index is 1160. The largest absolute Gasteiger partial charge is 0.487 e. The molecule has 6 nitrogen and oxygen atoms in total. The third-order valence-electron chi connectivity index (χ3n) is 5.69. The first kappa shape index (κ1) is 16.9. The van der Waals surface area contributed by atoms with E-state index in [0.717, 1.165) is 27.6 Å². The van der Waals surface area contributed by atoms with Crippen molar-refractivity contribution in [2.24, 2.45) is 10.7 Å². The fourth-order valence-corrected chi connectivity index (χ4v) is 4.39. The van der Waals surface area contributed by atoms with Crippen LogP contribution in [0.5, 0.6) is 5.75 Å². The number of H-pyrrole nitrogens is 1. The van der Waals surface area contributed by atoms with E-state index in [1.165, 1.54) is 4.90 Å². The smallest absolute Gasteiger partial charge is 0.261 e. The lowest BCUT2D eigenvalue weighted by Crippen LogP contribution is -2.49. The van der Waals surface area contributed by atoms with Gasteiger partial charge in [0.1, 0.15) is 11.4 Å². The van der Waals surface area contributed by atoms with Crippen molar-refractivity contribution < 1.29 is 9.53 Å². The summed E-state index contributed by atoms with van der Waals surface area (Å²) in [6.07, 6.45) is 2.37. The molecule has 1 aromatic heterocycles. The van der Waals surface area contributed by atoms with Crippen LogP contribution in [0.3, 0.4) is 0 Å². The van der Waals surface area contributed by atoms with Gasteiger partial charge in [0.2, 0.25) is 0 Å². The zero-order valence-corrected chi connectivity index (χ0v) is 16.1. The molecule has 3 N–H and O–H groups in total. The van der Waals surface area contributed by atoms with Gasteiger partial charge in [0.25, 0.3) is 5.91 Å². The number of nitrogens with two attached hydrogens (primary N) is 1. The van der Waals surface area contributed by atoms with Crippen LogP contribution >= 0.6 is 0 Å². The highest BCUT2D eigenvalue weighted by Crippen LogP contribution is 2.49. The molecule has 0 bridgehead atoms. The van der Waals surface area contributed by atoms with Crippen molar-refractivity contribution in [3.05, 3.63) is 54.2 Å². The summed E-state index contributed by atoms with van der Waals surface area (Å²) in [7, 11) is 1.67. The second kappa shape index (κ2) is 5.38. The van der Waals surface area contributed by atoms with E-state index in [1.54, 1.807) is 7.05 Å². The quantitative estimate of drug-likeness (QED) is 0.685. The minimum atomic E-state index is -1.04. The fourth-order valence-electron chi connectivity index (χ4n) is 4.39. The van der Waals surface area contributed by atoms with E-state index in [1.807, 2.05) is 44.3 Å². The number of nitrogens with zero attached hydrogens (tertiary/aromatic N) is 2. The number of likely N-dealkylation sites (N-methyl/N-ethyl adjacent to an activating group) is 1. The number of benzene rings is 2. The molecule has 1 unspecified atom stereocenters. The second-order valence-corrected chi connectivity index (χ2v) is 8.22.